The van der Waals surface area contributed by atoms with Gasteiger partial charge < -0.3 is 10.2 Å². The molecule has 78 valence electrons. The van der Waals surface area contributed by atoms with Crippen molar-refractivity contribution in [2.75, 3.05) is 24.5 Å². The van der Waals surface area contributed by atoms with Gasteiger partial charge in [0.25, 0.3) is 0 Å². The van der Waals surface area contributed by atoms with E-state index >= 15 is 0 Å². The lowest BCUT2D eigenvalue weighted by molar-refractivity contribution is 0.415. The number of hydrogen-bond acceptors (Lipinski definition) is 4. The fourth-order valence-electron chi connectivity index (χ4n) is 1.72. The van der Waals surface area contributed by atoms with Gasteiger partial charge in [0.15, 0.2) is 0 Å². The standard InChI is InChI=1S/C11H14N4/c1-2-15(10-7-13-8-10)11-4-3-9(5-12)6-14-11/h3-4,6,10,13H,2,7-8H2,1H3. The van der Waals surface area contributed by atoms with E-state index in [9.17, 15) is 0 Å². The minimum Gasteiger partial charge on any atom is -0.351 e. The van der Waals surface area contributed by atoms with Crippen LogP contribution in [-0.4, -0.2) is 30.7 Å². The van der Waals surface area contributed by atoms with Crippen LogP contribution in [0.4, 0.5) is 5.82 Å². The zero-order chi connectivity index (χ0) is 10.7. The number of nitrogens with zero attached hydrogens (tertiary/aromatic N) is 3. The Balaban J connectivity index is 2.15. The smallest absolute Gasteiger partial charge is 0.128 e. The second-order valence-electron chi connectivity index (χ2n) is 3.61. The van der Waals surface area contributed by atoms with Gasteiger partial charge in [-0.15, -0.1) is 0 Å². The minimum atomic E-state index is 0.551. The van der Waals surface area contributed by atoms with E-state index in [4.69, 9.17) is 5.26 Å². The molecule has 1 aliphatic heterocycles. The highest BCUT2D eigenvalue weighted by Gasteiger charge is 2.24. The first kappa shape index (κ1) is 9.94. The van der Waals surface area contributed by atoms with Crippen LogP contribution in [0.5, 0.6) is 0 Å². The van der Waals surface area contributed by atoms with E-state index in [0.29, 0.717) is 11.6 Å². The normalized spacial score (nSPS) is 15.5. The van der Waals surface area contributed by atoms with Crippen LogP contribution in [0.2, 0.25) is 0 Å². The maximum absolute atomic E-state index is 8.68. The number of nitriles is 1. The number of likely N-dealkylation sites (N-methyl/N-ethyl adjacent to an activating group) is 1. The summed E-state index contributed by atoms with van der Waals surface area (Å²) in [5.41, 5.74) is 0.613. The summed E-state index contributed by atoms with van der Waals surface area (Å²) in [7, 11) is 0. The molecule has 0 amide bonds. The number of pyridine rings is 1. The molecular formula is C11H14N4. The number of anilines is 1. The van der Waals surface area contributed by atoms with Crippen molar-refractivity contribution in [1.82, 2.24) is 10.3 Å². The van der Waals surface area contributed by atoms with Crippen molar-refractivity contribution in [3.8, 4) is 6.07 Å². The van der Waals surface area contributed by atoms with Crippen molar-refractivity contribution >= 4 is 5.82 Å². The third-order valence-corrected chi connectivity index (χ3v) is 2.71. The van der Waals surface area contributed by atoms with E-state index in [-0.39, 0.29) is 0 Å². The van der Waals surface area contributed by atoms with Crippen molar-refractivity contribution in [2.45, 2.75) is 13.0 Å². The predicted octanol–water partition coefficient (Wildman–Crippen LogP) is 0.751. The highest BCUT2D eigenvalue weighted by Crippen LogP contribution is 2.16. The fourth-order valence-corrected chi connectivity index (χ4v) is 1.72. The van der Waals surface area contributed by atoms with Crippen LogP contribution >= 0.6 is 0 Å². The molecule has 0 saturated carbocycles. The molecular weight excluding hydrogens is 188 g/mol. The molecule has 0 aliphatic carbocycles. The molecule has 0 spiro atoms. The molecule has 2 heterocycles. The van der Waals surface area contributed by atoms with E-state index < -0.39 is 0 Å². The van der Waals surface area contributed by atoms with E-state index in [1.54, 1.807) is 6.20 Å². The van der Waals surface area contributed by atoms with Crippen molar-refractivity contribution in [3.63, 3.8) is 0 Å². The van der Waals surface area contributed by atoms with Crippen molar-refractivity contribution < 1.29 is 0 Å². The predicted molar refractivity (Wildman–Crippen MR) is 58.6 cm³/mol. The second-order valence-corrected chi connectivity index (χ2v) is 3.61. The van der Waals surface area contributed by atoms with Gasteiger partial charge in [-0.25, -0.2) is 4.98 Å². The molecule has 0 aromatic carbocycles. The quantitative estimate of drug-likeness (QED) is 0.786. The summed E-state index contributed by atoms with van der Waals surface area (Å²) in [5.74, 6) is 0.961. The SMILES string of the molecule is CCN(c1ccc(C#N)cn1)C1CNC1. The molecule has 0 bridgehead atoms. The Morgan fingerprint density at radius 3 is 2.80 bits per heavy atom. The van der Waals surface area contributed by atoms with Crippen LogP contribution in [0.25, 0.3) is 0 Å². The van der Waals surface area contributed by atoms with Crippen LogP contribution in [0, 0.1) is 11.3 Å². The molecule has 15 heavy (non-hydrogen) atoms. The highest BCUT2D eigenvalue weighted by molar-refractivity contribution is 5.43. The van der Waals surface area contributed by atoms with Gasteiger partial charge in [-0.05, 0) is 19.1 Å². The lowest BCUT2D eigenvalue weighted by atomic mass is 10.1. The van der Waals surface area contributed by atoms with E-state index in [0.717, 1.165) is 25.5 Å². The molecule has 4 nitrogen and oxygen atoms in total. The molecule has 1 N–H and O–H groups in total. The van der Waals surface area contributed by atoms with Crippen LogP contribution in [0.1, 0.15) is 12.5 Å². The van der Waals surface area contributed by atoms with Crippen LogP contribution < -0.4 is 10.2 Å². The third-order valence-electron chi connectivity index (χ3n) is 2.71. The topological polar surface area (TPSA) is 52.0 Å². The largest absolute Gasteiger partial charge is 0.351 e. The van der Waals surface area contributed by atoms with Gasteiger partial charge in [0.2, 0.25) is 0 Å². The van der Waals surface area contributed by atoms with Gasteiger partial charge in [-0.1, -0.05) is 0 Å². The van der Waals surface area contributed by atoms with Gasteiger partial charge in [0.05, 0.1) is 11.6 Å². The Hall–Kier alpha value is -1.60. The Morgan fingerprint density at radius 1 is 1.60 bits per heavy atom. The molecule has 1 fully saturated rings. The average Bonchev–Trinajstić information content (AvgIpc) is 2.23. The van der Waals surface area contributed by atoms with Crippen molar-refractivity contribution in [2.24, 2.45) is 0 Å². The minimum absolute atomic E-state index is 0.551. The summed E-state index contributed by atoms with van der Waals surface area (Å²) in [6.45, 7) is 5.12. The molecule has 0 atom stereocenters. The fraction of sp³-hybridized carbons (Fsp3) is 0.455. The van der Waals surface area contributed by atoms with E-state index in [1.807, 2.05) is 12.1 Å². The van der Waals surface area contributed by atoms with Gasteiger partial charge in [0.1, 0.15) is 11.9 Å². The maximum Gasteiger partial charge on any atom is 0.128 e. The highest BCUT2D eigenvalue weighted by atomic mass is 15.3. The number of hydrogen-bond donors (Lipinski definition) is 1. The Morgan fingerprint density at radius 2 is 2.40 bits per heavy atom. The summed E-state index contributed by atoms with van der Waals surface area (Å²) in [6.07, 6.45) is 1.63. The molecule has 1 aromatic heterocycles. The van der Waals surface area contributed by atoms with Crippen LogP contribution in [-0.2, 0) is 0 Å². The summed E-state index contributed by atoms with van der Waals surface area (Å²) in [4.78, 5) is 6.56. The zero-order valence-electron chi connectivity index (χ0n) is 8.77. The lowest BCUT2D eigenvalue weighted by Gasteiger charge is -2.38. The van der Waals surface area contributed by atoms with Crippen molar-refractivity contribution in [3.05, 3.63) is 23.9 Å². The van der Waals surface area contributed by atoms with E-state index in [1.165, 1.54) is 0 Å². The molecule has 1 saturated heterocycles. The molecule has 1 aromatic rings. The summed E-state index contributed by atoms with van der Waals surface area (Å²) >= 11 is 0. The van der Waals surface area contributed by atoms with Gasteiger partial charge in [-0.3, -0.25) is 0 Å². The monoisotopic (exact) mass is 202 g/mol. The summed E-state index contributed by atoms with van der Waals surface area (Å²) in [6, 6.07) is 6.36. The average molecular weight is 202 g/mol. The number of rotatable bonds is 3. The lowest BCUT2D eigenvalue weighted by Crippen LogP contribution is -2.57. The Bertz CT molecular complexity index is 361. The summed E-state index contributed by atoms with van der Waals surface area (Å²) < 4.78 is 0. The molecule has 0 unspecified atom stereocenters. The first-order valence-corrected chi connectivity index (χ1v) is 5.18. The Kier molecular flexibility index (Phi) is 2.84. The number of nitrogens with one attached hydrogen (secondary N) is 1. The van der Waals surface area contributed by atoms with Gasteiger partial charge >= 0.3 is 0 Å². The molecule has 1 aliphatic rings. The van der Waals surface area contributed by atoms with Crippen LogP contribution in [0.15, 0.2) is 18.3 Å². The first-order valence-electron chi connectivity index (χ1n) is 5.18. The number of aromatic nitrogens is 1. The van der Waals surface area contributed by atoms with Crippen LogP contribution in [0.3, 0.4) is 0 Å². The second kappa shape index (κ2) is 4.28. The molecule has 4 heteroatoms. The van der Waals surface area contributed by atoms with Crippen molar-refractivity contribution in [1.29, 1.82) is 5.26 Å². The maximum atomic E-state index is 8.68. The Labute approximate surface area is 89.5 Å². The van der Waals surface area contributed by atoms with E-state index in [2.05, 4.69) is 28.2 Å². The zero-order valence-corrected chi connectivity index (χ0v) is 8.77. The molecule has 0 radical (unpaired) electrons. The third kappa shape index (κ3) is 1.92. The summed E-state index contributed by atoms with van der Waals surface area (Å²) in [5, 5.41) is 11.9. The van der Waals surface area contributed by atoms with Gasteiger partial charge in [0, 0.05) is 25.8 Å². The first-order chi connectivity index (χ1) is 7.35. The molecule has 2 rings (SSSR count). The van der Waals surface area contributed by atoms with Gasteiger partial charge in [-0.2, -0.15) is 5.26 Å².